The lowest BCUT2D eigenvalue weighted by Gasteiger charge is -2.18. The lowest BCUT2D eigenvalue weighted by Crippen LogP contribution is -2.34. The molecule has 1 aliphatic heterocycles. The van der Waals surface area contributed by atoms with Gasteiger partial charge in [-0.05, 0) is 31.4 Å². The molecule has 0 saturated heterocycles. The number of urea groups is 1. The molecule has 2 aromatic heterocycles. The van der Waals surface area contributed by atoms with Gasteiger partial charge in [-0.3, -0.25) is 0 Å². The summed E-state index contributed by atoms with van der Waals surface area (Å²) in [7, 11) is 0. The van der Waals surface area contributed by atoms with Gasteiger partial charge in [-0.1, -0.05) is 24.9 Å². The monoisotopic (exact) mass is 348 g/mol. The number of rotatable bonds is 4. The summed E-state index contributed by atoms with van der Waals surface area (Å²) in [5.74, 6) is 1.83. The van der Waals surface area contributed by atoms with Crippen LogP contribution in [0.1, 0.15) is 50.3 Å². The maximum absolute atomic E-state index is 12.3. The number of aromatic nitrogens is 4. The maximum atomic E-state index is 12.3. The molecule has 2 N–H and O–H groups in total. The van der Waals surface area contributed by atoms with Crippen molar-refractivity contribution < 1.29 is 4.79 Å². The number of pyridine rings is 1. The number of anilines is 1. The van der Waals surface area contributed by atoms with E-state index in [-0.39, 0.29) is 17.2 Å². The SMILES string of the molecule is CC[C@H](NC(=O)Nc1cccnc1Cl)c1nnc2n1CCCCC2. The predicted molar refractivity (Wildman–Crippen MR) is 92.0 cm³/mol. The molecule has 8 heteroatoms. The van der Waals surface area contributed by atoms with Crippen LogP contribution in [0.3, 0.4) is 0 Å². The Balaban J connectivity index is 1.72. The Kier molecular flexibility index (Phi) is 5.30. The molecular formula is C16H21ClN6O. The van der Waals surface area contributed by atoms with Crippen LogP contribution in [0.4, 0.5) is 10.5 Å². The van der Waals surface area contributed by atoms with Crippen molar-refractivity contribution >= 4 is 23.3 Å². The summed E-state index contributed by atoms with van der Waals surface area (Å²) < 4.78 is 2.15. The van der Waals surface area contributed by atoms with E-state index in [9.17, 15) is 4.79 Å². The Morgan fingerprint density at radius 3 is 3.04 bits per heavy atom. The van der Waals surface area contributed by atoms with Crippen LogP contribution < -0.4 is 10.6 Å². The molecule has 0 fully saturated rings. The van der Waals surface area contributed by atoms with Gasteiger partial charge in [0.15, 0.2) is 11.0 Å². The van der Waals surface area contributed by atoms with E-state index in [0.717, 1.165) is 43.9 Å². The number of amides is 2. The van der Waals surface area contributed by atoms with Gasteiger partial charge in [0.05, 0.1) is 11.7 Å². The summed E-state index contributed by atoms with van der Waals surface area (Å²) in [5, 5.41) is 14.6. The highest BCUT2D eigenvalue weighted by atomic mass is 35.5. The zero-order valence-electron chi connectivity index (χ0n) is 13.6. The average molecular weight is 349 g/mol. The summed E-state index contributed by atoms with van der Waals surface area (Å²) in [6, 6.07) is 2.90. The van der Waals surface area contributed by atoms with E-state index in [1.807, 2.05) is 6.92 Å². The topological polar surface area (TPSA) is 84.7 Å². The van der Waals surface area contributed by atoms with E-state index >= 15 is 0 Å². The Hall–Kier alpha value is -2.15. The predicted octanol–water partition coefficient (Wildman–Crippen LogP) is 3.33. The van der Waals surface area contributed by atoms with Crippen molar-refractivity contribution in [1.29, 1.82) is 0 Å². The first-order valence-corrected chi connectivity index (χ1v) is 8.67. The molecule has 128 valence electrons. The van der Waals surface area contributed by atoms with Gasteiger partial charge < -0.3 is 15.2 Å². The normalized spacial score (nSPS) is 15.2. The van der Waals surface area contributed by atoms with Crippen LogP contribution in [-0.4, -0.2) is 25.8 Å². The van der Waals surface area contributed by atoms with Crippen LogP contribution >= 0.6 is 11.6 Å². The zero-order chi connectivity index (χ0) is 16.9. The number of halogens is 1. The summed E-state index contributed by atoms with van der Waals surface area (Å²) in [6.45, 7) is 2.92. The van der Waals surface area contributed by atoms with E-state index in [2.05, 4.69) is 30.4 Å². The molecule has 0 unspecified atom stereocenters. The molecular weight excluding hydrogens is 328 g/mol. The number of nitrogens with one attached hydrogen (secondary N) is 2. The highest BCUT2D eigenvalue weighted by Gasteiger charge is 2.22. The molecule has 1 aliphatic rings. The molecule has 3 rings (SSSR count). The van der Waals surface area contributed by atoms with Crippen LogP contribution in [-0.2, 0) is 13.0 Å². The number of hydrogen-bond acceptors (Lipinski definition) is 4. The van der Waals surface area contributed by atoms with E-state index in [0.29, 0.717) is 5.69 Å². The third kappa shape index (κ3) is 3.67. The first-order valence-electron chi connectivity index (χ1n) is 8.29. The minimum Gasteiger partial charge on any atom is -0.328 e. The van der Waals surface area contributed by atoms with Gasteiger partial charge in [0.25, 0.3) is 0 Å². The fraction of sp³-hybridized carbons (Fsp3) is 0.500. The lowest BCUT2D eigenvalue weighted by atomic mass is 10.2. The molecule has 0 radical (unpaired) electrons. The van der Waals surface area contributed by atoms with Crippen LogP contribution in [0, 0.1) is 0 Å². The molecule has 0 bridgehead atoms. The van der Waals surface area contributed by atoms with Crippen molar-refractivity contribution in [3.05, 3.63) is 35.1 Å². The molecule has 7 nitrogen and oxygen atoms in total. The van der Waals surface area contributed by atoms with Crippen LogP contribution in [0.2, 0.25) is 5.15 Å². The first-order chi connectivity index (χ1) is 11.7. The third-order valence-electron chi connectivity index (χ3n) is 4.17. The van der Waals surface area contributed by atoms with Crippen molar-refractivity contribution in [3.63, 3.8) is 0 Å². The second-order valence-electron chi connectivity index (χ2n) is 5.84. The number of nitrogens with zero attached hydrogens (tertiary/aromatic N) is 4. The van der Waals surface area contributed by atoms with Crippen LogP contribution in [0.15, 0.2) is 18.3 Å². The first kappa shape index (κ1) is 16.7. The van der Waals surface area contributed by atoms with E-state index in [1.165, 1.54) is 6.42 Å². The van der Waals surface area contributed by atoms with Crippen LogP contribution in [0.25, 0.3) is 0 Å². The number of carbonyl (C=O) groups is 1. The standard InChI is InChI=1S/C16H21ClN6O/c1-2-11(15-22-21-13-8-4-3-5-10-23(13)15)19-16(24)20-12-7-6-9-18-14(12)17/h6-7,9,11H,2-5,8,10H2,1H3,(H2,19,20,24)/t11-/m0/s1. The highest BCUT2D eigenvalue weighted by Crippen LogP contribution is 2.22. The van der Waals surface area contributed by atoms with Crippen molar-refractivity contribution in [2.75, 3.05) is 5.32 Å². The van der Waals surface area contributed by atoms with Gasteiger partial charge >= 0.3 is 6.03 Å². The number of carbonyl (C=O) groups excluding carboxylic acids is 1. The van der Waals surface area contributed by atoms with E-state index < -0.39 is 0 Å². The Morgan fingerprint density at radius 1 is 1.38 bits per heavy atom. The Bertz CT molecular complexity index is 716. The smallest absolute Gasteiger partial charge is 0.319 e. The minimum atomic E-state index is -0.331. The summed E-state index contributed by atoms with van der Waals surface area (Å²) in [6.07, 6.45) is 6.71. The second-order valence-corrected chi connectivity index (χ2v) is 6.20. The van der Waals surface area contributed by atoms with Gasteiger partial charge in [0, 0.05) is 19.2 Å². The van der Waals surface area contributed by atoms with Gasteiger partial charge in [-0.25, -0.2) is 9.78 Å². The molecule has 2 aromatic rings. The summed E-state index contributed by atoms with van der Waals surface area (Å²) in [5.41, 5.74) is 0.478. The maximum Gasteiger partial charge on any atom is 0.319 e. The Labute approximate surface area is 145 Å². The summed E-state index contributed by atoms with van der Waals surface area (Å²) >= 11 is 5.97. The molecule has 2 amide bonds. The fourth-order valence-corrected chi connectivity index (χ4v) is 3.08. The Morgan fingerprint density at radius 2 is 2.25 bits per heavy atom. The van der Waals surface area contributed by atoms with Gasteiger partial charge in [0.1, 0.15) is 5.82 Å². The lowest BCUT2D eigenvalue weighted by molar-refractivity contribution is 0.247. The van der Waals surface area contributed by atoms with Gasteiger partial charge in [-0.2, -0.15) is 0 Å². The fourth-order valence-electron chi connectivity index (χ4n) is 2.91. The average Bonchev–Trinajstić information content (AvgIpc) is 2.83. The molecule has 24 heavy (non-hydrogen) atoms. The number of hydrogen-bond donors (Lipinski definition) is 2. The highest BCUT2D eigenvalue weighted by molar-refractivity contribution is 6.32. The van der Waals surface area contributed by atoms with Gasteiger partial charge in [0.2, 0.25) is 0 Å². The molecule has 0 spiro atoms. The van der Waals surface area contributed by atoms with Crippen molar-refractivity contribution in [2.45, 2.75) is 51.6 Å². The third-order valence-corrected chi connectivity index (χ3v) is 4.47. The molecule has 0 aliphatic carbocycles. The molecule has 0 saturated carbocycles. The number of aryl methyl sites for hydroxylation is 1. The quantitative estimate of drug-likeness (QED) is 0.830. The van der Waals surface area contributed by atoms with E-state index in [1.54, 1.807) is 18.3 Å². The minimum absolute atomic E-state index is 0.195. The van der Waals surface area contributed by atoms with Gasteiger partial charge in [-0.15, -0.1) is 10.2 Å². The van der Waals surface area contributed by atoms with E-state index in [4.69, 9.17) is 11.6 Å². The van der Waals surface area contributed by atoms with Crippen molar-refractivity contribution in [2.24, 2.45) is 0 Å². The second kappa shape index (κ2) is 7.61. The van der Waals surface area contributed by atoms with Crippen molar-refractivity contribution in [1.82, 2.24) is 25.1 Å². The molecule has 1 atom stereocenters. The van der Waals surface area contributed by atoms with Crippen molar-refractivity contribution in [3.8, 4) is 0 Å². The molecule has 0 aromatic carbocycles. The summed E-state index contributed by atoms with van der Waals surface area (Å²) in [4.78, 5) is 16.2. The molecule has 3 heterocycles. The van der Waals surface area contributed by atoms with Crippen LogP contribution in [0.5, 0.6) is 0 Å². The largest absolute Gasteiger partial charge is 0.328 e. The zero-order valence-corrected chi connectivity index (χ0v) is 14.4. The number of fused-ring (bicyclic) bond motifs is 1.